The van der Waals surface area contributed by atoms with Crippen LogP contribution in [-0.4, -0.2) is 73.5 Å². The molecule has 5 rings (SSSR count). The number of likely N-dealkylation sites (N-methyl/N-ethyl adjacent to an activating group) is 1. The van der Waals surface area contributed by atoms with Gasteiger partial charge in [0.05, 0.1) is 30.4 Å². The Balaban J connectivity index is 1.52. The monoisotopic (exact) mass is 659 g/mol. The molecule has 3 aromatic carbocycles. The van der Waals surface area contributed by atoms with Crippen LogP contribution in [0, 0.1) is 11.8 Å². The standard InChI is InChI=1S/C32H32F3N3O7S/c1-3-37(46(42,43)24-16-14-23(15-17-24)45-32(33,34)35)20-25-26-27(29(40)38(28(26)39)19-22-12-8-5-9-13-22)31(36-25,30(41)44-2)18-21-10-6-4-7-11-21/h4-17,25-27,36H,3,18-20H2,1-2H3/t25-,26+,27-,31-/m1/s1. The number of esters is 1. The molecule has 244 valence electrons. The average Bonchev–Trinajstić information content (AvgIpc) is 3.48. The number of imide groups is 1. The number of likely N-dealkylation sites (tertiary alicyclic amines) is 1. The molecule has 2 aliphatic heterocycles. The van der Waals surface area contributed by atoms with E-state index in [0.717, 1.165) is 33.5 Å². The van der Waals surface area contributed by atoms with Crippen molar-refractivity contribution in [2.24, 2.45) is 11.8 Å². The Morgan fingerprint density at radius 1 is 0.935 bits per heavy atom. The Morgan fingerprint density at radius 3 is 2.07 bits per heavy atom. The predicted octanol–water partition coefficient (Wildman–Crippen LogP) is 3.52. The first-order chi connectivity index (χ1) is 21.8. The van der Waals surface area contributed by atoms with Crippen molar-refractivity contribution in [3.05, 3.63) is 96.1 Å². The van der Waals surface area contributed by atoms with Gasteiger partial charge in [0.1, 0.15) is 11.3 Å². The number of carbonyl (C=O) groups is 3. The van der Waals surface area contributed by atoms with Crippen molar-refractivity contribution in [1.82, 2.24) is 14.5 Å². The fourth-order valence-electron chi connectivity index (χ4n) is 6.36. The van der Waals surface area contributed by atoms with Crippen LogP contribution in [0.1, 0.15) is 18.1 Å². The van der Waals surface area contributed by atoms with Crippen LogP contribution in [0.4, 0.5) is 13.2 Å². The van der Waals surface area contributed by atoms with Gasteiger partial charge in [-0.2, -0.15) is 4.31 Å². The summed E-state index contributed by atoms with van der Waals surface area (Å²) in [5, 5.41) is 3.18. The summed E-state index contributed by atoms with van der Waals surface area (Å²) < 4.78 is 75.5. The molecule has 0 spiro atoms. The van der Waals surface area contributed by atoms with Gasteiger partial charge in [-0.15, -0.1) is 13.2 Å². The summed E-state index contributed by atoms with van der Waals surface area (Å²) >= 11 is 0. The summed E-state index contributed by atoms with van der Waals surface area (Å²) in [6.45, 7) is 1.11. The summed E-state index contributed by atoms with van der Waals surface area (Å²) in [6.07, 6.45) is -4.97. The first kappa shape index (κ1) is 33.1. The summed E-state index contributed by atoms with van der Waals surface area (Å²) in [6, 6.07) is 20.5. The Kier molecular flexibility index (Phi) is 9.25. The Hall–Kier alpha value is -4.27. The summed E-state index contributed by atoms with van der Waals surface area (Å²) in [4.78, 5) is 42.6. The summed E-state index contributed by atoms with van der Waals surface area (Å²) in [5.74, 6) is -4.83. The van der Waals surface area contributed by atoms with Crippen LogP contribution < -0.4 is 10.1 Å². The molecular formula is C32H32F3N3O7S. The van der Waals surface area contributed by atoms with Crippen LogP contribution in [0.5, 0.6) is 5.75 Å². The lowest BCUT2D eigenvalue weighted by atomic mass is 9.76. The number of sulfonamides is 1. The Morgan fingerprint density at radius 2 is 1.52 bits per heavy atom. The van der Waals surface area contributed by atoms with Gasteiger partial charge in [-0.3, -0.25) is 24.6 Å². The van der Waals surface area contributed by atoms with Gasteiger partial charge in [0, 0.05) is 25.6 Å². The van der Waals surface area contributed by atoms with Gasteiger partial charge in [-0.25, -0.2) is 8.42 Å². The molecule has 14 heteroatoms. The van der Waals surface area contributed by atoms with E-state index in [4.69, 9.17) is 4.74 Å². The fraction of sp³-hybridized carbons (Fsp3) is 0.344. The number of carbonyl (C=O) groups excluding carboxylic acids is 3. The molecule has 0 unspecified atom stereocenters. The highest BCUT2D eigenvalue weighted by Gasteiger charge is 2.68. The van der Waals surface area contributed by atoms with Crippen LogP contribution >= 0.6 is 0 Å². The summed E-state index contributed by atoms with van der Waals surface area (Å²) in [5.41, 5.74) is -0.331. The minimum absolute atomic E-state index is 0.0179. The number of alkyl halides is 3. The molecule has 2 saturated heterocycles. The third-order valence-electron chi connectivity index (χ3n) is 8.36. The first-order valence-electron chi connectivity index (χ1n) is 14.5. The van der Waals surface area contributed by atoms with Crippen LogP contribution in [0.3, 0.4) is 0 Å². The van der Waals surface area contributed by atoms with Crippen LogP contribution in [-0.2, 0) is 42.1 Å². The highest BCUT2D eigenvalue weighted by molar-refractivity contribution is 7.89. The molecule has 10 nitrogen and oxygen atoms in total. The summed E-state index contributed by atoms with van der Waals surface area (Å²) in [7, 11) is -3.13. The van der Waals surface area contributed by atoms with E-state index in [1.165, 1.54) is 7.11 Å². The van der Waals surface area contributed by atoms with Crippen molar-refractivity contribution in [3.63, 3.8) is 0 Å². The van der Waals surface area contributed by atoms with Gasteiger partial charge < -0.3 is 9.47 Å². The maximum absolute atomic E-state index is 14.1. The first-order valence-corrected chi connectivity index (χ1v) is 15.9. The second kappa shape index (κ2) is 12.9. The van der Waals surface area contributed by atoms with Crippen LogP contribution in [0.15, 0.2) is 89.8 Å². The minimum atomic E-state index is -4.95. The number of benzene rings is 3. The number of hydrogen-bond acceptors (Lipinski definition) is 8. The van der Waals surface area contributed by atoms with Gasteiger partial charge in [0.25, 0.3) is 0 Å². The van der Waals surface area contributed by atoms with E-state index < -0.39 is 63.3 Å². The maximum Gasteiger partial charge on any atom is 0.573 e. The molecule has 0 saturated carbocycles. The normalized spacial score (nSPS) is 23.1. The lowest BCUT2D eigenvalue weighted by molar-refractivity contribution is -0.274. The van der Waals surface area contributed by atoms with Crippen molar-refractivity contribution in [1.29, 1.82) is 0 Å². The predicted molar refractivity (Wildman–Crippen MR) is 158 cm³/mol. The zero-order chi connectivity index (χ0) is 33.3. The number of ether oxygens (including phenoxy) is 2. The van der Waals surface area contributed by atoms with Crippen molar-refractivity contribution < 1.29 is 45.4 Å². The molecule has 4 atom stereocenters. The van der Waals surface area contributed by atoms with Crippen LogP contribution in [0.2, 0.25) is 0 Å². The second-order valence-electron chi connectivity index (χ2n) is 11.1. The smallest absolute Gasteiger partial charge is 0.468 e. The number of methoxy groups -OCH3 is 1. The van der Waals surface area contributed by atoms with Crippen molar-refractivity contribution in [2.45, 2.75) is 42.7 Å². The number of rotatable bonds is 11. The van der Waals surface area contributed by atoms with Crippen molar-refractivity contribution >= 4 is 27.8 Å². The number of hydrogen-bond donors (Lipinski definition) is 1. The molecule has 46 heavy (non-hydrogen) atoms. The van der Waals surface area contributed by atoms with E-state index in [1.807, 2.05) is 0 Å². The molecule has 3 aromatic rings. The highest BCUT2D eigenvalue weighted by atomic mass is 32.2. The van der Waals surface area contributed by atoms with E-state index in [0.29, 0.717) is 11.1 Å². The van der Waals surface area contributed by atoms with Crippen molar-refractivity contribution in [3.8, 4) is 5.75 Å². The Labute approximate surface area is 264 Å². The van der Waals surface area contributed by atoms with Gasteiger partial charge in [0.2, 0.25) is 21.8 Å². The zero-order valence-electron chi connectivity index (χ0n) is 24.9. The van der Waals surface area contributed by atoms with E-state index in [2.05, 4.69) is 10.1 Å². The molecule has 0 bridgehead atoms. The SMILES string of the molecule is CCN(C[C@H]1N[C@@](Cc2ccccc2)(C(=O)OC)[C@H]2C(=O)N(Cc3ccccc3)C(=O)[C@@H]12)S(=O)(=O)c1ccc(OC(F)(F)F)cc1. The molecule has 2 amide bonds. The number of halogens is 3. The fourth-order valence-corrected chi connectivity index (χ4v) is 7.84. The minimum Gasteiger partial charge on any atom is -0.468 e. The molecule has 0 aromatic heterocycles. The van der Waals surface area contributed by atoms with Gasteiger partial charge in [0.15, 0.2) is 0 Å². The van der Waals surface area contributed by atoms with Crippen molar-refractivity contribution in [2.75, 3.05) is 20.2 Å². The molecule has 2 aliphatic rings. The molecule has 1 N–H and O–H groups in total. The zero-order valence-corrected chi connectivity index (χ0v) is 25.8. The molecule has 2 heterocycles. The Bertz CT molecular complexity index is 1690. The largest absolute Gasteiger partial charge is 0.573 e. The van der Waals surface area contributed by atoms with Gasteiger partial charge in [-0.05, 0) is 35.4 Å². The highest BCUT2D eigenvalue weighted by Crippen LogP contribution is 2.46. The molecular weight excluding hydrogens is 627 g/mol. The van der Waals surface area contributed by atoms with Gasteiger partial charge in [-0.1, -0.05) is 67.6 Å². The average molecular weight is 660 g/mol. The number of fused-ring (bicyclic) bond motifs is 1. The lowest BCUT2D eigenvalue weighted by Gasteiger charge is -2.33. The third kappa shape index (κ3) is 6.37. The molecule has 2 fully saturated rings. The third-order valence-corrected chi connectivity index (χ3v) is 10.3. The van der Waals surface area contributed by atoms with Gasteiger partial charge >= 0.3 is 12.3 Å². The second-order valence-corrected chi connectivity index (χ2v) is 13.0. The number of nitrogens with zero attached hydrogens (tertiary/aromatic N) is 2. The number of amides is 2. The van der Waals surface area contributed by atoms with E-state index >= 15 is 0 Å². The maximum atomic E-state index is 14.1. The molecule has 0 aliphatic carbocycles. The number of nitrogens with one attached hydrogen (secondary N) is 1. The lowest BCUT2D eigenvalue weighted by Crippen LogP contribution is -2.59. The quantitative estimate of drug-likeness (QED) is 0.245. The van der Waals surface area contributed by atoms with E-state index in [1.54, 1.807) is 67.6 Å². The van der Waals surface area contributed by atoms with E-state index in [9.17, 15) is 36.0 Å². The molecule has 0 radical (unpaired) electrons. The topological polar surface area (TPSA) is 122 Å². The van der Waals surface area contributed by atoms with Crippen LogP contribution in [0.25, 0.3) is 0 Å². The van der Waals surface area contributed by atoms with E-state index in [-0.39, 0.29) is 31.0 Å².